The third-order valence-corrected chi connectivity index (χ3v) is 4.64. The molecule has 0 aliphatic heterocycles. The summed E-state index contributed by atoms with van der Waals surface area (Å²) in [5, 5.41) is 0. The van der Waals surface area contributed by atoms with Crippen LogP contribution in [0.25, 0.3) is 22.1 Å². The zero-order chi connectivity index (χ0) is 16.7. The van der Waals surface area contributed by atoms with Crippen molar-refractivity contribution >= 4 is 33.4 Å². The number of aromatic nitrogens is 2. The highest BCUT2D eigenvalue weighted by atomic mass is 32.1. The molecule has 0 unspecified atom stereocenters. The average molecular weight is 336 g/mol. The molecule has 0 atom stereocenters. The van der Waals surface area contributed by atoms with Gasteiger partial charge >= 0.3 is 0 Å². The van der Waals surface area contributed by atoms with Crippen LogP contribution in [0, 0.1) is 0 Å². The first-order valence-corrected chi connectivity index (χ1v) is 8.62. The van der Waals surface area contributed by atoms with Gasteiger partial charge in [0.25, 0.3) is 5.56 Å². The number of ether oxygens (including phenoxy) is 1. The van der Waals surface area contributed by atoms with E-state index in [1.807, 2.05) is 68.5 Å². The highest BCUT2D eigenvalue weighted by Crippen LogP contribution is 2.17. The van der Waals surface area contributed by atoms with E-state index in [0.717, 1.165) is 27.3 Å². The lowest BCUT2D eigenvalue weighted by Crippen LogP contribution is -2.22. The van der Waals surface area contributed by atoms with Gasteiger partial charge in [-0.2, -0.15) is 0 Å². The Morgan fingerprint density at radius 3 is 2.83 bits per heavy atom. The Hall–Kier alpha value is -2.66. The van der Waals surface area contributed by atoms with Gasteiger partial charge in [-0.15, -0.1) is 0 Å². The van der Waals surface area contributed by atoms with Gasteiger partial charge in [-0.05, 0) is 49.8 Å². The molecule has 0 saturated heterocycles. The molecule has 0 aliphatic carbocycles. The lowest BCUT2D eigenvalue weighted by atomic mass is 10.2. The fourth-order valence-corrected chi connectivity index (χ4v) is 3.70. The van der Waals surface area contributed by atoms with Crippen LogP contribution in [0.15, 0.2) is 53.3 Å². The SMILES string of the molecule is CC(C)Oc1cccc(/C=c2\sc3nc4ccccc4n3c2=O)c1. The van der Waals surface area contributed by atoms with Crippen LogP contribution in [0.1, 0.15) is 19.4 Å². The molecule has 0 amide bonds. The molecule has 2 heterocycles. The highest BCUT2D eigenvalue weighted by Gasteiger charge is 2.10. The van der Waals surface area contributed by atoms with Gasteiger partial charge < -0.3 is 4.74 Å². The van der Waals surface area contributed by atoms with E-state index in [-0.39, 0.29) is 11.7 Å². The van der Waals surface area contributed by atoms with Crippen LogP contribution in [-0.4, -0.2) is 15.5 Å². The molecule has 0 N–H and O–H groups in total. The first-order valence-electron chi connectivity index (χ1n) is 7.80. The summed E-state index contributed by atoms with van der Waals surface area (Å²) in [6.45, 7) is 3.98. The molecule has 24 heavy (non-hydrogen) atoms. The molecular weight excluding hydrogens is 320 g/mol. The van der Waals surface area contributed by atoms with Crippen LogP contribution in [0.4, 0.5) is 0 Å². The van der Waals surface area contributed by atoms with Crippen LogP contribution in [-0.2, 0) is 0 Å². The Morgan fingerprint density at radius 1 is 1.17 bits per heavy atom. The van der Waals surface area contributed by atoms with Gasteiger partial charge in [0.1, 0.15) is 5.75 Å². The number of fused-ring (bicyclic) bond motifs is 3. The first-order chi connectivity index (χ1) is 11.6. The Labute approximate surface area is 142 Å². The number of imidazole rings is 1. The fraction of sp³-hybridized carbons (Fsp3) is 0.158. The molecule has 0 radical (unpaired) electrons. The van der Waals surface area contributed by atoms with Gasteiger partial charge in [-0.25, -0.2) is 9.38 Å². The summed E-state index contributed by atoms with van der Waals surface area (Å²) in [5.74, 6) is 0.804. The van der Waals surface area contributed by atoms with Crippen LogP contribution in [0.3, 0.4) is 0 Å². The minimum atomic E-state index is -0.0288. The van der Waals surface area contributed by atoms with E-state index in [4.69, 9.17) is 4.74 Å². The van der Waals surface area contributed by atoms with E-state index in [2.05, 4.69) is 4.98 Å². The van der Waals surface area contributed by atoms with Gasteiger partial charge in [0.2, 0.25) is 0 Å². The number of hydrogen-bond donors (Lipinski definition) is 0. The van der Waals surface area contributed by atoms with Crippen molar-refractivity contribution in [3.05, 3.63) is 69.0 Å². The number of para-hydroxylation sites is 2. The third kappa shape index (κ3) is 2.57. The van der Waals surface area contributed by atoms with Crippen LogP contribution >= 0.6 is 11.3 Å². The predicted octanol–water partition coefficient (Wildman–Crippen LogP) is 3.24. The zero-order valence-corrected chi connectivity index (χ0v) is 14.2. The highest BCUT2D eigenvalue weighted by molar-refractivity contribution is 7.15. The Balaban J connectivity index is 1.86. The van der Waals surface area contributed by atoms with Gasteiger partial charge in [0, 0.05) is 0 Å². The van der Waals surface area contributed by atoms with Crippen molar-refractivity contribution in [2.75, 3.05) is 0 Å². The second-order valence-electron chi connectivity index (χ2n) is 5.87. The second kappa shape index (κ2) is 5.76. The maximum Gasteiger partial charge on any atom is 0.274 e. The van der Waals surface area contributed by atoms with Gasteiger partial charge in [-0.3, -0.25) is 4.79 Å². The minimum Gasteiger partial charge on any atom is -0.491 e. The summed E-state index contributed by atoms with van der Waals surface area (Å²) in [4.78, 5) is 18.0. The standard InChI is InChI=1S/C19H16N2O2S/c1-12(2)23-14-7-5-6-13(10-14)11-17-18(22)21-16-9-4-3-8-15(16)20-19(21)24-17/h3-12H,1-2H3/b17-11-. The molecule has 4 rings (SSSR count). The number of thiazole rings is 1. The topological polar surface area (TPSA) is 43.6 Å². The van der Waals surface area contributed by atoms with E-state index >= 15 is 0 Å². The molecule has 0 aliphatic rings. The number of rotatable bonds is 3. The van der Waals surface area contributed by atoms with Gasteiger partial charge in [-0.1, -0.05) is 35.6 Å². The molecule has 5 heteroatoms. The molecule has 0 spiro atoms. The third-order valence-electron chi connectivity index (χ3n) is 3.67. The number of hydrogen-bond acceptors (Lipinski definition) is 4. The number of benzene rings is 2. The van der Waals surface area contributed by atoms with Crippen molar-refractivity contribution in [1.82, 2.24) is 9.38 Å². The molecule has 2 aromatic heterocycles. The molecule has 120 valence electrons. The Morgan fingerprint density at radius 2 is 2.00 bits per heavy atom. The van der Waals surface area contributed by atoms with Crippen molar-refractivity contribution in [2.45, 2.75) is 20.0 Å². The zero-order valence-electron chi connectivity index (χ0n) is 13.4. The van der Waals surface area contributed by atoms with Crippen molar-refractivity contribution in [3.63, 3.8) is 0 Å². The van der Waals surface area contributed by atoms with E-state index < -0.39 is 0 Å². The van der Waals surface area contributed by atoms with Crippen LogP contribution in [0.2, 0.25) is 0 Å². The Kier molecular flexibility index (Phi) is 3.58. The molecular formula is C19H16N2O2S. The second-order valence-corrected chi connectivity index (χ2v) is 6.88. The van der Waals surface area contributed by atoms with E-state index in [1.54, 1.807) is 4.40 Å². The maximum absolute atomic E-state index is 12.7. The van der Waals surface area contributed by atoms with Crippen molar-refractivity contribution < 1.29 is 4.74 Å². The Bertz CT molecular complexity index is 1140. The molecule has 2 aromatic carbocycles. The van der Waals surface area contributed by atoms with Crippen molar-refractivity contribution in [3.8, 4) is 5.75 Å². The van der Waals surface area contributed by atoms with Gasteiger partial charge in [0.05, 0.1) is 21.7 Å². The monoisotopic (exact) mass is 336 g/mol. The maximum atomic E-state index is 12.7. The van der Waals surface area contributed by atoms with Gasteiger partial charge in [0.15, 0.2) is 4.96 Å². The summed E-state index contributed by atoms with van der Waals surface area (Å²) >= 11 is 1.41. The number of nitrogens with zero attached hydrogens (tertiary/aromatic N) is 2. The lowest BCUT2D eigenvalue weighted by Gasteiger charge is -2.09. The largest absolute Gasteiger partial charge is 0.491 e. The molecule has 4 aromatic rings. The summed E-state index contributed by atoms with van der Waals surface area (Å²) < 4.78 is 8.06. The molecule has 0 saturated carbocycles. The predicted molar refractivity (Wildman–Crippen MR) is 97.8 cm³/mol. The van der Waals surface area contributed by atoms with Crippen LogP contribution < -0.4 is 14.8 Å². The van der Waals surface area contributed by atoms with Crippen molar-refractivity contribution in [1.29, 1.82) is 0 Å². The normalized spacial score (nSPS) is 12.5. The average Bonchev–Trinajstić information content (AvgIpc) is 3.04. The summed E-state index contributed by atoms with van der Waals surface area (Å²) in [6, 6.07) is 15.5. The van der Waals surface area contributed by atoms with E-state index in [1.165, 1.54) is 11.3 Å². The summed E-state index contributed by atoms with van der Waals surface area (Å²) in [6.07, 6.45) is 2.01. The summed E-state index contributed by atoms with van der Waals surface area (Å²) in [5.41, 5.74) is 2.61. The molecule has 0 bridgehead atoms. The van der Waals surface area contributed by atoms with E-state index in [9.17, 15) is 4.79 Å². The lowest BCUT2D eigenvalue weighted by molar-refractivity contribution is 0.242. The first kappa shape index (κ1) is 14.9. The quantitative estimate of drug-likeness (QED) is 0.577. The van der Waals surface area contributed by atoms with Crippen LogP contribution in [0.5, 0.6) is 5.75 Å². The minimum absolute atomic E-state index is 0.0288. The molecule has 0 fully saturated rings. The van der Waals surface area contributed by atoms with E-state index in [0.29, 0.717) is 4.53 Å². The summed E-state index contributed by atoms with van der Waals surface area (Å²) in [7, 11) is 0. The fourth-order valence-electron chi connectivity index (χ4n) is 2.71. The smallest absolute Gasteiger partial charge is 0.274 e. The molecule has 4 nitrogen and oxygen atoms in total. The van der Waals surface area contributed by atoms with Crippen molar-refractivity contribution in [2.24, 2.45) is 0 Å².